The number of aromatic nitrogens is 2. The number of carbonyl (C=O) groups excluding carboxylic acids is 1. The van der Waals surface area contributed by atoms with Crippen LogP contribution >= 0.6 is 0 Å². The summed E-state index contributed by atoms with van der Waals surface area (Å²) < 4.78 is 1.75. The molecule has 94 valence electrons. The molecule has 2 N–H and O–H groups in total. The number of aryl methyl sites for hydroxylation is 1. The first-order valence-corrected chi connectivity index (χ1v) is 6.14. The molecule has 0 aliphatic carbocycles. The fourth-order valence-corrected chi connectivity index (χ4v) is 2.20. The molecule has 2 unspecified atom stereocenters. The Kier molecular flexibility index (Phi) is 3.78. The minimum absolute atomic E-state index is 0.0329. The highest BCUT2D eigenvalue weighted by atomic mass is 16.1. The molecule has 0 aromatic carbocycles. The Hall–Kier alpha value is -1.36. The van der Waals surface area contributed by atoms with Crippen LogP contribution in [0.5, 0.6) is 0 Å². The number of nitrogens with zero attached hydrogens (tertiary/aromatic N) is 2. The summed E-state index contributed by atoms with van der Waals surface area (Å²) in [5.74, 6) is 0.631. The van der Waals surface area contributed by atoms with Crippen LogP contribution in [-0.4, -0.2) is 28.8 Å². The topological polar surface area (TPSA) is 59.0 Å². The van der Waals surface area contributed by atoms with Crippen molar-refractivity contribution in [3.8, 4) is 0 Å². The van der Waals surface area contributed by atoms with E-state index in [1.807, 2.05) is 20.2 Å². The maximum Gasteiger partial charge on any atom is 0.220 e. The minimum Gasteiger partial charge on any atom is -0.349 e. The third kappa shape index (κ3) is 3.30. The molecule has 1 aliphatic rings. The lowest BCUT2D eigenvalue weighted by Crippen LogP contribution is -2.28. The summed E-state index contributed by atoms with van der Waals surface area (Å²) in [5, 5.41) is 10.4. The van der Waals surface area contributed by atoms with Gasteiger partial charge in [0.05, 0.1) is 12.2 Å². The zero-order valence-electron chi connectivity index (χ0n) is 10.4. The molecule has 5 nitrogen and oxygen atoms in total. The number of carbonyl (C=O) groups is 1. The van der Waals surface area contributed by atoms with E-state index in [2.05, 4.69) is 15.7 Å². The average molecular weight is 236 g/mol. The molecule has 1 aromatic rings. The summed E-state index contributed by atoms with van der Waals surface area (Å²) in [7, 11) is 1.88. The minimum atomic E-state index is 0.0329. The Balaban J connectivity index is 1.81. The van der Waals surface area contributed by atoms with Crippen molar-refractivity contribution in [1.82, 2.24) is 20.4 Å². The van der Waals surface area contributed by atoms with E-state index < -0.39 is 0 Å². The number of nitrogens with one attached hydrogen (secondary N) is 2. The zero-order chi connectivity index (χ0) is 12.3. The van der Waals surface area contributed by atoms with E-state index in [9.17, 15) is 4.79 Å². The summed E-state index contributed by atoms with van der Waals surface area (Å²) in [6.45, 7) is 3.99. The Labute approximate surface area is 102 Å². The van der Waals surface area contributed by atoms with Gasteiger partial charge in [-0.1, -0.05) is 0 Å². The van der Waals surface area contributed by atoms with Crippen LogP contribution in [0.4, 0.5) is 0 Å². The van der Waals surface area contributed by atoms with Gasteiger partial charge in [-0.2, -0.15) is 5.10 Å². The van der Waals surface area contributed by atoms with Gasteiger partial charge in [-0.05, 0) is 32.4 Å². The Morgan fingerprint density at radius 2 is 2.59 bits per heavy atom. The maximum atomic E-state index is 11.8. The van der Waals surface area contributed by atoms with Crippen LogP contribution < -0.4 is 10.6 Å². The zero-order valence-corrected chi connectivity index (χ0v) is 10.4. The van der Waals surface area contributed by atoms with Crippen molar-refractivity contribution in [2.24, 2.45) is 13.0 Å². The van der Waals surface area contributed by atoms with Crippen LogP contribution in [0, 0.1) is 5.92 Å². The summed E-state index contributed by atoms with van der Waals surface area (Å²) in [6, 6.07) is 0.0329. The lowest BCUT2D eigenvalue weighted by atomic mass is 10.0. The second kappa shape index (κ2) is 5.31. The molecule has 0 bridgehead atoms. The van der Waals surface area contributed by atoms with Crippen molar-refractivity contribution in [2.45, 2.75) is 25.8 Å². The van der Waals surface area contributed by atoms with E-state index in [0.717, 1.165) is 25.1 Å². The van der Waals surface area contributed by atoms with Gasteiger partial charge in [-0.25, -0.2) is 0 Å². The maximum absolute atomic E-state index is 11.8. The van der Waals surface area contributed by atoms with Gasteiger partial charge in [-0.3, -0.25) is 9.48 Å². The normalized spacial score (nSPS) is 21.4. The predicted octanol–water partition coefficient (Wildman–Crippen LogP) is 0.597. The van der Waals surface area contributed by atoms with Crippen LogP contribution in [0.1, 0.15) is 31.4 Å². The van der Waals surface area contributed by atoms with Gasteiger partial charge in [-0.15, -0.1) is 0 Å². The lowest BCUT2D eigenvalue weighted by Gasteiger charge is -2.14. The molecule has 2 heterocycles. The van der Waals surface area contributed by atoms with E-state index in [1.54, 1.807) is 10.9 Å². The molecule has 0 radical (unpaired) electrons. The summed E-state index contributed by atoms with van der Waals surface area (Å²) in [5.41, 5.74) is 1.05. The molecular weight excluding hydrogens is 216 g/mol. The molecule has 1 amide bonds. The van der Waals surface area contributed by atoms with Crippen molar-refractivity contribution in [2.75, 3.05) is 13.1 Å². The molecule has 1 fully saturated rings. The smallest absolute Gasteiger partial charge is 0.220 e. The number of amides is 1. The van der Waals surface area contributed by atoms with Crippen molar-refractivity contribution in [1.29, 1.82) is 0 Å². The van der Waals surface area contributed by atoms with Gasteiger partial charge in [0.2, 0.25) is 5.91 Å². The van der Waals surface area contributed by atoms with Gasteiger partial charge in [0, 0.05) is 25.2 Å². The highest BCUT2D eigenvalue weighted by Gasteiger charge is 2.19. The van der Waals surface area contributed by atoms with Crippen molar-refractivity contribution < 1.29 is 4.79 Å². The second-order valence-corrected chi connectivity index (χ2v) is 4.80. The number of hydrogen-bond donors (Lipinski definition) is 2. The SMILES string of the molecule is CC(NC(=O)CC1CCNC1)c1cnn(C)c1. The average Bonchev–Trinajstić information content (AvgIpc) is 2.89. The fourth-order valence-electron chi connectivity index (χ4n) is 2.20. The molecule has 0 spiro atoms. The third-order valence-electron chi connectivity index (χ3n) is 3.24. The highest BCUT2D eigenvalue weighted by molar-refractivity contribution is 5.76. The van der Waals surface area contributed by atoms with E-state index in [4.69, 9.17) is 0 Å². The van der Waals surface area contributed by atoms with Gasteiger partial charge < -0.3 is 10.6 Å². The van der Waals surface area contributed by atoms with Crippen molar-refractivity contribution >= 4 is 5.91 Å². The largest absolute Gasteiger partial charge is 0.349 e. The summed E-state index contributed by atoms with van der Waals surface area (Å²) in [6.07, 6.45) is 5.45. The van der Waals surface area contributed by atoms with Crippen LogP contribution in [0.2, 0.25) is 0 Å². The Morgan fingerprint density at radius 1 is 1.76 bits per heavy atom. The molecule has 5 heteroatoms. The van der Waals surface area contributed by atoms with E-state index in [-0.39, 0.29) is 11.9 Å². The van der Waals surface area contributed by atoms with Crippen LogP contribution in [0.15, 0.2) is 12.4 Å². The van der Waals surface area contributed by atoms with Crippen molar-refractivity contribution in [3.63, 3.8) is 0 Å². The standard InChI is InChI=1S/C12H20N4O/c1-9(11-7-14-16(2)8-11)15-12(17)5-10-3-4-13-6-10/h7-10,13H,3-6H2,1-2H3,(H,15,17). The Morgan fingerprint density at radius 3 is 3.18 bits per heavy atom. The quantitative estimate of drug-likeness (QED) is 0.804. The van der Waals surface area contributed by atoms with E-state index in [0.29, 0.717) is 12.3 Å². The molecule has 17 heavy (non-hydrogen) atoms. The summed E-state index contributed by atoms with van der Waals surface area (Å²) in [4.78, 5) is 11.8. The van der Waals surface area contributed by atoms with Gasteiger partial charge in [0.15, 0.2) is 0 Å². The first-order valence-electron chi connectivity index (χ1n) is 6.14. The van der Waals surface area contributed by atoms with E-state index >= 15 is 0 Å². The molecule has 1 aliphatic heterocycles. The molecule has 1 saturated heterocycles. The van der Waals surface area contributed by atoms with Gasteiger partial charge in [0.1, 0.15) is 0 Å². The number of rotatable bonds is 4. The van der Waals surface area contributed by atoms with Crippen LogP contribution in [-0.2, 0) is 11.8 Å². The molecule has 2 rings (SSSR count). The molecule has 0 saturated carbocycles. The monoisotopic (exact) mass is 236 g/mol. The van der Waals surface area contributed by atoms with Crippen LogP contribution in [0.25, 0.3) is 0 Å². The van der Waals surface area contributed by atoms with E-state index in [1.165, 1.54) is 0 Å². The molecular formula is C12H20N4O. The highest BCUT2D eigenvalue weighted by Crippen LogP contribution is 2.14. The van der Waals surface area contributed by atoms with Crippen LogP contribution in [0.3, 0.4) is 0 Å². The molecule has 1 aromatic heterocycles. The molecule has 2 atom stereocenters. The first kappa shape index (κ1) is 12.1. The Bertz CT molecular complexity index is 382. The first-order chi connectivity index (χ1) is 8.15. The van der Waals surface area contributed by atoms with Crippen molar-refractivity contribution in [3.05, 3.63) is 18.0 Å². The number of hydrogen-bond acceptors (Lipinski definition) is 3. The van der Waals surface area contributed by atoms with Gasteiger partial charge >= 0.3 is 0 Å². The fraction of sp³-hybridized carbons (Fsp3) is 0.667. The van der Waals surface area contributed by atoms with Gasteiger partial charge in [0.25, 0.3) is 0 Å². The third-order valence-corrected chi connectivity index (χ3v) is 3.24. The predicted molar refractivity (Wildman–Crippen MR) is 65.4 cm³/mol. The second-order valence-electron chi connectivity index (χ2n) is 4.80. The lowest BCUT2D eigenvalue weighted by molar-refractivity contribution is -0.122. The summed E-state index contributed by atoms with van der Waals surface area (Å²) >= 11 is 0.